The molecule has 1 aliphatic rings. The van der Waals surface area contributed by atoms with Crippen LogP contribution in [0.5, 0.6) is 0 Å². The molecule has 0 spiro atoms. The highest BCUT2D eigenvalue weighted by molar-refractivity contribution is 5.47. The molecule has 0 fully saturated rings. The molecular weight excluding hydrogens is 160 g/mol. The van der Waals surface area contributed by atoms with E-state index in [2.05, 4.69) is 23.3 Å². The highest BCUT2D eigenvalue weighted by Crippen LogP contribution is 2.20. The summed E-state index contributed by atoms with van der Waals surface area (Å²) in [7, 11) is 0. The largest absolute Gasteiger partial charge is 0.370 e. The molecular formula is C11H16N2. The van der Waals surface area contributed by atoms with Crippen LogP contribution in [0, 0.1) is 0 Å². The van der Waals surface area contributed by atoms with E-state index in [0.717, 1.165) is 18.8 Å². The Balaban J connectivity index is 2.24. The number of aryl methyl sites for hydroxylation is 2. The number of nitrogens with zero attached hydrogens (tertiary/aromatic N) is 1. The van der Waals surface area contributed by atoms with Crippen LogP contribution in [-0.4, -0.2) is 11.5 Å². The summed E-state index contributed by atoms with van der Waals surface area (Å²) in [5, 5.41) is 3.32. The second-order valence-electron chi connectivity index (χ2n) is 3.63. The molecule has 0 radical (unpaired) electrons. The number of nitrogens with one attached hydrogen (secondary N) is 1. The van der Waals surface area contributed by atoms with E-state index >= 15 is 0 Å². The third-order valence-electron chi connectivity index (χ3n) is 2.48. The van der Waals surface area contributed by atoms with Gasteiger partial charge in [-0.15, -0.1) is 0 Å². The summed E-state index contributed by atoms with van der Waals surface area (Å²) >= 11 is 0. The lowest BCUT2D eigenvalue weighted by molar-refractivity contribution is 0.809. The van der Waals surface area contributed by atoms with Crippen molar-refractivity contribution in [1.29, 1.82) is 0 Å². The van der Waals surface area contributed by atoms with E-state index in [-0.39, 0.29) is 0 Å². The molecule has 2 heterocycles. The Hall–Kier alpha value is -1.05. The molecule has 2 rings (SSSR count). The van der Waals surface area contributed by atoms with Crippen LogP contribution < -0.4 is 5.32 Å². The van der Waals surface area contributed by atoms with Crippen LogP contribution in [0.4, 0.5) is 5.82 Å². The van der Waals surface area contributed by atoms with Gasteiger partial charge in [0.25, 0.3) is 0 Å². The van der Waals surface area contributed by atoms with Crippen LogP contribution >= 0.6 is 0 Å². The van der Waals surface area contributed by atoms with Gasteiger partial charge in [-0.25, -0.2) is 4.98 Å². The topological polar surface area (TPSA) is 24.9 Å². The fraction of sp³-hybridized carbons (Fsp3) is 0.545. The quantitative estimate of drug-likeness (QED) is 0.748. The molecule has 0 amide bonds. The molecule has 2 nitrogen and oxygen atoms in total. The fourth-order valence-corrected chi connectivity index (χ4v) is 1.82. The van der Waals surface area contributed by atoms with E-state index in [1.165, 1.54) is 30.4 Å². The number of aromatic nitrogens is 1. The zero-order chi connectivity index (χ0) is 9.10. The number of fused-ring (bicyclic) bond motifs is 1. The van der Waals surface area contributed by atoms with Crippen molar-refractivity contribution in [3.63, 3.8) is 0 Å². The minimum atomic E-state index is 1.08. The summed E-state index contributed by atoms with van der Waals surface area (Å²) in [4.78, 5) is 4.43. The molecule has 1 aliphatic heterocycles. The van der Waals surface area contributed by atoms with E-state index in [1.807, 2.05) is 6.20 Å². The molecule has 70 valence electrons. The van der Waals surface area contributed by atoms with Gasteiger partial charge in [-0.1, -0.05) is 19.4 Å². The average Bonchev–Trinajstić information content (AvgIpc) is 2.18. The van der Waals surface area contributed by atoms with E-state index in [0.29, 0.717) is 0 Å². The van der Waals surface area contributed by atoms with Crippen LogP contribution in [0.3, 0.4) is 0 Å². The van der Waals surface area contributed by atoms with Gasteiger partial charge in [0.15, 0.2) is 0 Å². The van der Waals surface area contributed by atoms with E-state index in [4.69, 9.17) is 0 Å². The third kappa shape index (κ3) is 1.82. The Kier molecular flexibility index (Phi) is 2.48. The predicted molar refractivity (Wildman–Crippen MR) is 55.0 cm³/mol. The highest BCUT2D eigenvalue weighted by atomic mass is 15.0. The van der Waals surface area contributed by atoms with Crippen LogP contribution in [0.25, 0.3) is 0 Å². The molecule has 0 aliphatic carbocycles. The lowest BCUT2D eigenvalue weighted by atomic mass is 10.0. The fourth-order valence-electron chi connectivity index (χ4n) is 1.82. The van der Waals surface area contributed by atoms with Gasteiger partial charge >= 0.3 is 0 Å². The molecule has 1 N–H and O–H groups in total. The molecule has 0 saturated carbocycles. The molecule has 0 aromatic carbocycles. The number of pyridine rings is 1. The first kappa shape index (κ1) is 8.54. The van der Waals surface area contributed by atoms with Gasteiger partial charge in [0, 0.05) is 12.7 Å². The molecule has 13 heavy (non-hydrogen) atoms. The van der Waals surface area contributed by atoms with E-state index < -0.39 is 0 Å². The molecule has 0 saturated heterocycles. The van der Waals surface area contributed by atoms with Gasteiger partial charge in [-0.05, 0) is 30.4 Å². The summed E-state index contributed by atoms with van der Waals surface area (Å²) < 4.78 is 0. The first-order valence-electron chi connectivity index (χ1n) is 5.12. The van der Waals surface area contributed by atoms with Crippen LogP contribution in [0.1, 0.15) is 30.9 Å². The number of hydrogen-bond acceptors (Lipinski definition) is 2. The van der Waals surface area contributed by atoms with Gasteiger partial charge in [-0.3, -0.25) is 0 Å². The van der Waals surface area contributed by atoms with Crippen molar-refractivity contribution in [2.75, 3.05) is 11.9 Å². The van der Waals surface area contributed by atoms with Crippen LogP contribution in [-0.2, 0) is 12.8 Å². The average molecular weight is 176 g/mol. The van der Waals surface area contributed by atoms with Gasteiger partial charge in [0.1, 0.15) is 5.82 Å². The van der Waals surface area contributed by atoms with Gasteiger partial charge in [0.2, 0.25) is 0 Å². The maximum atomic E-state index is 4.43. The smallest absolute Gasteiger partial charge is 0.129 e. The lowest BCUT2D eigenvalue weighted by Crippen LogP contribution is -2.13. The summed E-state index contributed by atoms with van der Waals surface area (Å²) in [5.41, 5.74) is 2.78. The maximum absolute atomic E-state index is 4.43. The van der Waals surface area contributed by atoms with Crippen molar-refractivity contribution in [3.05, 3.63) is 23.4 Å². The Morgan fingerprint density at radius 1 is 1.54 bits per heavy atom. The SMILES string of the molecule is CCCc1cnc2c(c1)CCCN2. The van der Waals surface area contributed by atoms with E-state index in [1.54, 1.807) is 0 Å². The number of anilines is 1. The van der Waals surface area contributed by atoms with Gasteiger partial charge in [0.05, 0.1) is 0 Å². The molecule has 1 aromatic rings. The molecule has 0 unspecified atom stereocenters. The summed E-state index contributed by atoms with van der Waals surface area (Å²) in [6.07, 6.45) is 6.78. The lowest BCUT2D eigenvalue weighted by Gasteiger charge is -2.17. The number of hydrogen-bond donors (Lipinski definition) is 1. The minimum absolute atomic E-state index is 1.08. The van der Waals surface area contributed by atoms with Crippen molar-refractivity contribution in [1.82, 2.24) is 4.98 Å². The molecule has 1 aromatic heterocycles. The predicted octanol–water partition coefficient (Wildman–Crippen LogP) is 2.39. The highest BCUT2D eigenvalue weighted by Gasteiger charge is 2.09. The van der Waals surface area contributed by atoms with Crippen LogP contribution in [0.2, 0.25) is 0 Å². The van der Waals surface area contributed by atoms with E-state index in [9.17, 15) is 0 Å². The minimum Gasteiger partial charge on any atom is -0.370 e. The van der Waals surface area contributed by atoms with Gasteiger partial charge in [-0.2, -0.15) is 0 Å². The summed E-state index contributed by atoms with van der Waals surface area (Å²) in [5.74, 6) is 1.10. The first-order valence-corrected chi connectivity index (χ1v) is 5.12. The Bertz CT molecular complexity index is 294. The Morgan fingerprint density at radius 2 is 2.46 bits per heavy atom. The molecule has 0 atom stereocenters. The number of rotatable bonds is 2. The van der Waals surface area contributed by atoms with Gasteiger partial charge < -0.3 is 5.32 Å². The zero-order valence-electron chi connectivity index (χ0n) is 8.14. The monoisotopic (exact) mass is 176 g/mol. The zero-order valence-corrected chi connectivity index (χ0v) is 8.14. The maximum Gasteiger partial charge on any atom is 0.129 e. The third-order valence-corrected chi connectivity index (χ3v) is 2.48. The molecule has 2 heteroatoms. The standard InChI is InChI=1S/C11H16N2/c1-2-4-9-7-10-5-3-6-12-11(10)13-8-9/h7-8H,2-6H2,1H3,(H,12,13). The normalized spacial score (nSPS) is 14.8. The molecule has 0 bridgehead atoms. The van der Waals surface area contributed by atoms with Crippen LogP contribution in [0.15, 0.2) is 12.3 Å². The van der Waals surface area contributed by atoms with Crippen molar-refractivity contribution in [3.8, 4) is 0 Å². The second kappa shape index (κ2) is 3.77. The van der Waals surface area contributed by atoms with Crippen molar-refractivity contribution in [2.24, 2.45) is 0 Å². The van der Waals surface area contributed by atoms with Crippen molar-refractivity contribution in [2.45, 2.75) is 32.6 Å². The van der Waals surface area contributed by atoms with Crippen molar-refractivity contribution >= 4 is 5.82 Å². The Morgan fingerprint density at radius 3 is 3.31 bits per heavy atom. The summed E-state index contributed by atoms with van der Waals surface area (Å²) in [6, 6.07) is 2.30. The summed E-state index contributed by atoms with van der Waals surface area (Å²) in [6.45, 7) is 3.28. The first-order chi connectivity index (χ1) is 6.40. The Labute approximate surface area is 79.4 Å². The second-order valence-corrected chi connectivity index (χ2v) is 3.63. The van der Waals surface area contributed by atoms with Crippen molar-refractivity contribution < 1.29 is 0 Å².